The van der Waals surface area contributed by atoms with Crippen LogP contribution in [0.15, 0.2) is 4.79 Å². The van der Waals surface area contributed by atoms with Gasteiger partial charge in [-0.2, -0.15) is 5.10 Å². The van der Waals surface area contributed by atoms with E-state index in [4.69, 9.17) is 0 Å². The van der Waals surface area contributed by atoms with E-state index < -0.39 is 0 Å². The summed E-state index contributed by atoms with van der Waals surface area (Å²) in [5.41, 5.74) is -0.267. The Kier molecular flexibility index (Phi) is 6.13. The maximum absolute atomic E-state index is 13.4. The predicted molar refractivity (Wildman–Crippen MR) is 113 cm³/mol. The Morgan fingerprint density at radius 3 is 2.55 bits per heavy atom. The smallest absolute Gasteiger partial charge is 0.345 e. The fourth-order valence-electron chi connectivity index (χ4n) is 5.41. The number of amides is 1. The Hall–Kier alpha value is -1.63. The van der Waals surface area contributed by atoms with Crippen LogP contribution < -0.4 is 11.0 Å². The Morgan fingerprint density at radius 1 is 1.14 bits per heavy atom. The van der Waals surface area contributed by atoms with Crippen molar-refractivity contribution < 1.29 is 4.79 Å². The third-order valence-corrected chi connectivity index (χ3v) is 7.24. The molecule has 1 amide bonds. The molecular formula is C22H37N5O2. The summed E-state index contributed by atoms with van der Waals surface area (Å²) in [5, 5.41) is 7.98. The number of hydrogen-bond acceptors (Lipinski definition) is 4. The van der Waals surface area contributed by atoms with Crippen molar-refractivity contribution in [1.29, 1.82) is 0 Å². The molecule has 1 N–H and O–H groups in total. The Bertz CT molecular complexity index is 769. The summed E-state index contributed by atoms with van der Waals surface area (Å²) in [6.45, 7) is 7.79. The van der Waals surface area contributed by atoms with Crippen LogP contribution >= 0.6 is 0 Å². The molecule has 162 valence electrons. The lowest BCUT2D eigenvalue weighted by Gasteiger charge is -2.38. The van der Waals surface area contributed by atoms with Crippen molar-refractivity contribution in [2.75, 3.05) is 13.1 Å². The second-order valence-electron chi connectivity index (χ2n) is 9.69. The normalized spacial score (nSPS) is 24.6. The van der Waals surface area contributed by atoms with Crippen LogP contribution in [0.3, 0.4) is 0 Å². The summed E-state index contributed by atoms with van der Waals surface area (Å²) >= 11 is 0. The number of rotatable bonds is 6. The number of fused-ring (bicyclic) bond motifs is 1. The van der Waals surface area contributed by atoms with Crippen LogP contribution in [-0.4, -0.2) is 49.8 Å². The van der Waals surface area contributed by atoms with Gasteiger partial charge in [0.15, 0.2) is 0 Å². The first-order valence-corrected chi connectivity index (χ1v) is 11.7. The summed E-state index contributed by atoms with van der Waals surface area (Å²) in [7, 11) is 0. The molecule has 7 nitrogen and oxygen atoms in total. The van der Waals surface area contributed by atoms with Gasteiger partial charge in [-0.15, -0.1) is 0 Å². The quantitative estimate of drug-likeness (QED) is 0.791. The van der Waals surface area contributed by atoms with E-state index in [1.807, 2.05) is 4.57 Å². The number of carbonyl (C=O) groups is 1. The molecule has 1 aromatic heterocycles. The summed E-state index contributed by atoms with van der Waals surface area (Å²) in [6, 6.07) is 0.132. The molecule has 0 bridgehead atoms. The standard InChI is InChI=1S/C22H37N5O2/c1-17(2)9-16-27-21(29)26-15-10-18(7-8-19(26)24-27)23-20(28)22(11-3-4-12-22)25-13-5-6-14-25/h17-18H,3-16H2,1-2H3,(H,23,28). The first-order valence-electron chi connectivity index (χ1n) is 11.7. The van der Waals surface area contributed by atoms with Gasteiger partial charge in [0.1, 0.15) is 11.4 Å². The topological polar surface area (TPSA) is 72.2 Å². The van der Waals surface area contributed by atoms with E-state index >= 15 is 0 Å². The first kappa shape index (κ1) is 20.6. The molecule has 1 saturated carbocycles. The molecule has 7 heteroatoms. The molecule has 1 unspecified atom stereocenters. The fourth-order valence-corrected chi connectivity index (χ4v) is 5.41. The van der Waals surface area contributed by atoms with Crippen molar-refractivity contribution in [3.63, 3.8) is 0 Å². The van der Waals surface area contributed by atoms with Gasteiger partial charge in [-0.3, -0.25) is 14.3 Å². The van der Waals surface area contributed by atoms with Crippen LogP contribution in [0.25, 0.3) is 0 Å². The van der Waals surface area contributed by atoms with Gasteiger partial charge >= 0.3 is 5.69 Å². The molecule has 29 heavy (non-hydrogen) atoms. The third-order valence-electron chi connectivity index (χ3n) is 7.24. The minimum atomic E-state index is -0.278. The highest BCUT2D eigenvalue weighted by molar-refractivity contribution is 5.87. The van der Waals surface area contributed by atoms with Crippen LogP contribution in [0, 0.1) is 5.92 Å². The maximum Gasteiger partial charge on any atom is 0.345 e. The van der Waals surface area contributed by atoms with Gasteiger partial charge in [-0.25, -0.2) is 9.48 Å². The zero-order chi connectivity index (χ0) is 20.4. The SMILES string of the molecule is CC(C)CCn1nc2n(c1=O)CCC(NC(=O)C1(N3CCCC3)CCCC1)CC2. The van der Waals surface area contributed by atoms with E-state index in [-0.39, 0.29) is 23.2 Å². The molecule has 2 aliphatic heterocycles. The van der Waals surface area contributed by atoms with Gasteiger partial charge < -0.3 is 5.32 Å². The average molecular weight is 404 g/mol. The second-order valence-corrected chi connectivity index (χ2v) is 9.69. The highest BCUT2D eigenvalue weighted by atomic mass is 16.2. The second kappa shape index (κ2) is 8.62. The van der Waals surface area contributed by atoms with Crippen molar-refractivity contribution in [3.8, 4) is 0 Å². The lowest BCUT2D eigenvalue weighted by molar-refractivity contribution is -0.133. The first-order chi connectivity index (χ1) is 14.0. The van der Waals surface area contributed by atoms with Crippen molar-refractivity contribution in [2.45, 2.75) is 103 Å². The van der Waals surface area contributed by atoms with Gasteiger partial charge in [0.2, 0.25) is 5.91 Å². The van der Waals surface area contributed by atoms with Gasteiger partial charge in [0.05, 0.1) is 0 Å². The minimum absolute atomic E-state index is 0.0111. The summed E-state index contributed by atoms with van der Waals surface area (Å²) < 4.78 is 3.47. The summed E-state index contributed by atoms with van der Waals surface area (Å²) in [4.78, 5) is 28.5. The summed E-state index contributed by atoms with van der Waals surface area (Å²) in [6.07, 6.45) is 10.1. The highest BCUT2D eigenvalue weighted by Gasteiger charge is 2.47. The minimum Gasteiger partial charge on any atom is -0.352 e. The number of aromatic nitrogens is 3. The van der Waals surface area contributed by atoms with Crippen molar-refractivity contribution in [1.82, 2.24) is 24.6 Å². The molecule has 0 spiro atoms. The maximum atomic E-state index is 13.4. The molecule has 1 atom stereocenters. The predicted octanol–water partition coefficient (Wildman–Crippen LogP) is 2.32. The number of carbonyl (C=O) groups excluding carboxylic acids is 1. The van der Waals surface area contributed by atoms with Crippen LogP contribution in [0.2, 0.25) is 0 Å². The van der Waals surface area contributed by atoms with Gasteiger partial charge in [-0.1, -0.05) is 26.7 Å². The molecule has 0 radical (unpaired) electrons. The van der Waals surface area contributed by atoms with E-state index in [2.05, 4.69) is 29.2 Å². The molecule has 3 heterocycles. The van der Waals surface area contributed by atoms with E-state index in [1.54, 1.807) is 4.68 Å². The number of nitrogens with one attached hydrogen (secondary N) is 1. The molecule has 3 aliphatic rings. The number of aryl methyl sites for hydroxylation is 2. The lowest BCUT2D eigenvalue weighted by Crippen LogP contribution is -2.58. The van der Waals surface area contributed by atoms with Gasteiger partial charge in [0.25, 0.3) is 0 Å². The zero-order valence-electron chi connectivity index (χ0n) is 18.2. The number of hydrogen-bond donors (Lipinski definition) is 1. The third kappa shape index (κ3) is 4.16. The van der Waals surface area contributed by atoms with Crippen molar-refractivity contribution >= 4 is 5.91 Å². The summed E-state index contributed by atoms with van der Waals surface area (Å²) in [5.74, 6) is 1.67. The lowest BCUT2D eigenvalue weighted by atomic mass is 9.93. The Balaban J connectivity index is 1.40. The van der Waals surface area contributed by atoms with Gasteiger partial charge in [0, 0.05) is 25.6 Å². The molecule has 1 aromatic rings. The van der Waals surface area contributed by atoms with E-state index in [0.717, 1.165) is 70.3 Å². The molecule has 2 fully saturated rings. The van der Waals surface area contributed by atoms with Crippen LogP contribution in [0.1, 0.15) is 77.5 Å². The number of nitrogens with zero attached hydrogens (tertiary/aromatic N) is 4. The average Bonchev–Trinajstić information content (AvgIpc) is 3.41. The monoisotopic (exact) mass is 403 g/mol. The largest absolute Gasteiger partial charge is 0.352 e. The molecule has 1 saturated heterocycles. The Morgan fingerprint density at radius 2 is 1.86 bits per heavy atom. The van der Waals surface area contributed by atoms with Gasteiger partial charge in [-0.05, 0) is 64.0 Å². The van der Waals surface area contributed by atoms with E-state index in [9.17, 15) is 9.59 Å². The van der Waals surface area contributed by atoms with Crippen molar-refractivity contribution in [2.24, 2.45) is 5.92 Å². The number of likely N-dealkylation sites (tertiary alicyclic amines) is 1. The Labute approximate surface area is 173 Å². The molecule has 0 aromatic carbocycles. The van der Waals surface area contributed by atoms with Crippen LogP contribution in [0.5, 0.6) is 0 Å². The molecule has 4 rings (SSSR count). The molecule has 1 aliphatic carbocycles. The van der Waals surface area contributed by atoms with E-state index in [1.165, 1.54) is 12.8 Å². The highest BCUT2D eigenvalue weighted by Crippen LogP contribution is 2.38. The van der Waals surface area contributed by atoms with Crippen molar-refractivity contribution in [3.05, 3.63) is 16.3 Å². The molecular weight excluding hydrogens is 366 g/mol. The van der Waals surface area contributed by atoms with E-state index in [0.29, 0.717) is 19.0 Å². The fraction of sp³-hybridized carbons (Fsp3) is 0.864. The van der Waals surface area contributed by atoms with Crippen LogP contribution in [0.4, 0.5) is 0 Å². The van der Waals surface area contributed by atoms with Crippen LogP contribution in [-0.2, 0) is 24.3 Å². The zero-order valence-corrected chi connectivity index (χ0v) is 18.2.